The monoisotopic (exact) mass is 306 g/mol. The van der Waals surface area contributed by atoms with Crippen molar-refractivity contribution >= 4 is 22.7 Å². The van der Waals surface area contributed by atoms with Crippen molar-refractivity contribution in [2.24, 2.45) is 4.99 Å². The zero-order valence-corrected chi connectivity index (χ0v) is 12.4. The van der Waals surface area contributed by atoms with Crippen molar-refractivity contribution in [3.05, 3.63) is 35.9 Å². The predicted octanol–water partition coefficient (Wildman–Crippen LogP) is 0.816. The van der Waals surface area contributed by atoms with Gasteiger partial charge in [0.2, 0.25) is 5.91 Å². The molecule has 1 aromatic carbocycles. The van der Waals surface area contributed by atoms with Crippen LogP contribution in [0.2, 0.25) is 0 Å². The summed E-state index contributed by atoms with van der Waals surface area (Å²) in [6.45, 7) is 1.05. The summed E-state index contributed by atoms with van der Waals surface area (Å²) in [6.07, 6.45) is 0.561. The van der Waals surface area contributed by atoms with Crippen LogP contribution in [0.25, 0.3) is 0 Å². The lowest BCUT2D eigenvalue weighted by Gasteiger charge is -2.21. The summed E-state index contributed by atoms with van der Waals surface area (Å²) >= 11 is 1.59. The Bertz CT molecular complexity index is 541. The molecule has 112 valence electrons. The Labute approximate surface area is 127 Å². The molecule has 0 bridgehead atoms. The molecule has 0 radical (unpaired) electrons. The molecule has 6 heteroatoms. The molecule has 3 rings (SSSR count). The summed E-state index contributed by atoms with van der Waals surface area (Å²) in [5.41, 5.74) is 0.119. The molecular formula is C15H18N2O3S. The van der Waals surface area contributed by atoms with E-state index in [9.17, 15) is 9.90 Å². The third kappa shape index (κ3) is 3.45. The molecule has 0 saturated carbocycles. The minimum atomic E-state index is -0.923. The topological polar surface area (TPSA) is 70.9 Å². The molecule has 0 spiro atoms. The van der Waals surface area contributed by atoms with Gasteiger partial charge in [-0.15, -0.1) is 11.8 Å². The molecule has 2 unspecified atom stereocenters. The van der Waals surface area contributed by atoms with Gasteiger partial charge in [-0.25, -0.2) is 0 Å². The number of nitrogens with zero attached hydrogens (tertiary/aromatic N) is 1. The van der Waals surface area contributed by atoms with Gasteiger partial charge in [-0.2, -0.15) is 0 Å². The van der Waals surface area contributed by atoms with Gasteiger partial charge in [-0.05, 0) is 0 Å². The van der Waals surface area contributed by atoms with Crippen molar-refractivity contribution in [3.8, 4) is 0 Å². The molecule has 2 aliphatic heterocycles. The van der Waals surface area contributed by atoms with E-state index in [-0.39, 0.29) is 25.1 Å². The van der Waals surface area contributed by atoms with Crippen LogP contribution in [0.15, 0.2) is 35.3 Å². The third-order valence-corrected chi connectivity index (χ3v) is 4.75. The zero-order valence-electron chi connectivity index (χ0n) is 11.6. The van der Waals surface area contributed by atoms with E-state index >= 15 is 0 Å². The molecule has 1 amide bonds. The lowest BCUT2D eigenvalue weighted by molar-refractivity contribution is -0.123. The molecule has 2 heterocycles. The van der Waals surface area contributed by atoms with E-state index in [2.05, 4.69) is 10.3 Å². The Morgan fingerprint density at radius 3 is 3.00 bits per heavy atom. The number of thioether (sulfide) groups is 1. The standard InChI is InChI=1S/C15H18N2O3S/c18-13(16-9-15(19)6-7-20-10-15)12-8-21-14(17-12)11-4-2-1-3-5-11/h1-5,12,19H,6-10H2,(H,16,18). The van der Waals surface area contributed by atoms with E-state index in [0.717, 1.165) is 10.6 Å². The number of carbonyl (C=O) groups excluding carboxylic acids is 1. The fraction of sp³-hybridized carbons (Fsp3) is 0.467. The van der Waals surface area contributed by atoms with Crippen LogP contribution in [0.3, 0.4) is 0 Å². The van der Waals surface area contributed by atoms with Crippen molar-refractivity contribution in [2.45, 2.75) is 18.1 Å². The molecule has 0 aromatic heterocycles. The molecule has 1 fully saturated rings. The molecule has 2 aliphatic rings. The van der Waals surface area contributed by atoms with Gasteiger partial charge in [-0.1, -0.05) is 30.3 Å². The first-order valence-corrected chi connectivity index (χ1v) is 7.99. The highest BCUT2D eigenvalue weighted by molar-refractivity contribution is 8.14. The second-order valence-corrected chi connectivity index (χ2v) is 6.38. The number of ether oxygens (including phenoxy) is 1. The van der Waals surface area contributed by atoms with Crippen molar-refractivity contribution in [3.63, 3.8) is 0 Å². The number of carbonyl (C=O) groups is 1. The van der Waals surface area contributed by atoms with Crippen molar-refractivity contribution in [1.82, 2.24) is 5.32 Å². The smallest absolute Gasteiger partial charge is 0.245 e. The Morgan fingerprint density at radius 2 is 2.29 bits per heavy atom. The Hall–Kier alpha value is -1.37. The van der Waals surface area contributed by atoms with Gasteiger partial charge >= 0.3 is 0 Å². The lowest BCUT2D eigenvalue weighted by Crippen LogP contribution is -2.46. The summed E-state index contributed by atoms with van der Waals surface area (Å²) in [5.74, 6) is 0.513. The highest BCUT2D eigenvalue weighted by Gasteiger charge is 2.34. The Kier molecular flexibility index (Phi) is 4.28. The van der Waals surface area contributed by atoms with Crippen LogP contribution in [0.5, 0.6) is 0 Å². The summed E-state index contributed by atoms with van der Waals surface area (Å²) in [6, 6.07) is 9.48. The van der Waals surface area contributed by atoms with Gasteiger partial charge in [0.15, 0.2) is 0 Å². The maximum Gasteiger partial charge on any atom is 0.245 e. The van der Waals surface area contributed by atoms with Gasteiger partial charge in [0.05, 0.1) is 11.7 Å². The Balaban J connectivity index is 1.58. The summed E-state index contributed by atoms with van der Waals surface area (Å²) in [5, 5.41) is 13.8. The minimum absolute atomic E-state index is 0.131. The number of nitrogens with one attached hydrogen (secondary N) is 1. The molecule has 5 nitrogen and oxygen atoms in total. The normalized spacial score (nSPS) is 28.4. The first-order chi connectivity index (χ1) is 10.2. The number of amides is 1. The predicted molar refractivity (Wildman–Crippen MR) is 82.6 cm³/mol. The van der Waals surface area contributed by atoms with E-state index in [1.54, 1.807) is 11.8 Å². The van der Waals surface area contributed by atoms with E-state index in [4.69, 9.17) is 4.74 Å². The van der Waals surface area contributed by atoms with E-state index < -0.39 is 5.60 Å². The fourth-order valence-electron chi connectivity index (χ4n) is 2.35. The van der Waals surface area contributed by atoms with Crippen LogP contribution >= 0.6 is 11.8 Å². The zero-order chi connectivity index (χ0) is 14.7. The van der Waals surface area contributed by atoms with Gasteiger partial charge in [-0.3, -0.25) is 9.79 Å². The van der Waals surface area contributed by atoms with Gasteiger partial charge in [0.25, 0.3) is 0 Å². The molecule has 2 N–H and O–H groups in total. The van der Waals surface area contributed by atoms with Crippen LogP contribution in [-0.4, -0.2) is 53.2 Å². The highest BCUT2D eigenvalue weighted by atomic mass is 32.2. The SMILES string of the molecule is O=C(NCC1(O)CCOC1)C1CSC(c2ccccc2)=N1. The number of hydrogen-bond acceptors (Lipinski definition) is 5. The van der Waals surface area contributed by atoms with Crippen LogP contribution in [0.4, 0.5) is 0 Å². The highest BCUT2D eigenvalue weighted by Crippen LogP contribution is 2.24. The van der Waals surface area contributed by atoms with Crippen molar-refractivity contribution in [1.29, 1.82) is 0 Å². The van der Waals surface area contributed by atoms with Crippen molar-refractivity contribution < 1.29 is 14.6 Å². The quantitative estimate of drug-likeness (QED) is 0.864. The second-order valence-electron chi connectivity index (χ2n) is 5.37. The molecule has 1 saturated heterocycles. The minimum Gasteiger partial charge on any atom is -0.386 e. The average molecular weight is 306 g/mol. The number of rotatable bonds is 4. The average Bonchev–Trinajstić information content (AvgIpc) is 3.16. The molecule has 21 heavy (non-hydrogen) atoms. The van der Waals surface area contributed by atoms with Crippen LogP contribution in [0, 0.1) is 0 Å². The van der Waals surface area contributed by atoms with E-state index in [1.165, 1.54) is 0 Å². The fourth-order valence-corrected chi connectivity index (χ4v) is 3.40. The molecule has 1 aromatic rings. The molecule has 0 aliphatic carbocycles. The largest absolute Gasteiger partial charge is 0.386 e. The van der Waals surface area contributed by atoms with E-state index in [1.807, 2.05) is 30.3 Å². The molecular weight excluding hydrogens is 288 g/mol. The Morgan fingerprint density at radius 1 is 1.48 bits per heavy atom. The number of aliphatic imine (C=N–C) groups is 1. The molecule has 2 atom stereocenters. The number of aliphatic hydroxyl groups is 1. The summed E-state index contributed by atoms with van der Waals surface area (Å²) < 4.78 is 5.16. The number of benzene rings is 1. The first kappa shape index (κ1) is 14.6. The maximum atomic E-state index is 12.1. The van der Waals surface area contributed by atoms with Gasteiger partial charge in [0.1, 0.15) is 11.6 Å². The first-order valence-electron chi connectivity index (χ1n) is 7.00. The lowest BCUT2D eigenvalue weighted by atomic mass is 10.0. The van der Waals surface area contributed by atoms with E-state index in [0.29, 0.717) is 18.8 Å². The second kappa shape index (κ2) is 6.17. The van der Waals surface area contributed by atoms with Crippen LogP contribution < -0.4 is 5.32 Å². The van der Waals surface area contributed by atoms with Gasteiger partial charge < -0.3 is 15.2 Å². The third-order valence-electron chi connectivity index (χ3n) is 3.65. The summed E-state index contributed by atoms with van der Waals surface area (Å²) in [4.78, 5) is 16.6. The van der Waals surface area contributed by atoms with Crippen LogP contribution in [0.1, 0.15) is 12.0 Å². The van der Waals surface area contributed by atoms with Crippen molar-refractivity contribution in [2.75, 3.05) is 25.5 Å². The van der Waals surface area contributed by atoms with Gasteiger partial charge in [0, 0.05) is 30.9 Å². The summed E-state index contributed by atoms with van der Waals surface area (Å²) in [7, 11) is 0. The number of hydrogen-bond donors (Lipinski definition) is 2. The van der Waals surface area contributed by atoms with Crippen LogP contribution in [-0.2, 0) is 9.53 Å². The maximum absolute atomic E-state index is 12.1.